The number of pyridine rings is 1. The fraction of sp³-hybridized carbons (Fsp3) is 0.0833. The van der Waals surface area contributed by atoms with Gasteiger partial charge in [0.2, 0.25) is 11.9 Å². The molecule has 0 aliphatic heterocycles. The van der Waals surface area contributed by atoms with Crippen molar-refractivity contribution in [2.45, 2.75) is 12.8 Å². The molecule has 0 aliphatic carbocycles. The molecule has 5 nitrogen and oxygen atoms in total. The van der Waals surface area contributed by atoms with Crippen LogP contribution in [0.3, 0.4) is 0 Å². The van der Waals surface area contributed by atoms with Crippen LogP contribution in [0.1, 0.15) is 12.0 Å². The Bertz CT molecular complexity index is 1130. The number of amides is 1. The summed E-state index contributed by atoms with van der Waals surface area (Å²) >= 11 is 0. The molecule has 0 bridgehead atoms. The zero-order valence-corrected chi connectivity index (χ0v) is 16.1. The lowest BCUT2D eigenvalue weighted by atomic mass is 10.0. The molecule has 2 aromatic heterocycles. The number of carbonyl (C=O) groups is 1. The van der Waals surface area contributed by atoms with E-state index in [1.807, 2.05) is 42.5 Å². The van der Waals surface area contributed by atoms with E-state index in [4.69, 9.17) is 0 Å². The Balaban J connectivity index is 1.59. The monoisotopic (exact) mass is 398 g/mol. The maximum atomic E-state index is 13.3. The summed E-state index contributed by atoms with van der Waals surface area (Å²) in [5.41, 5.74) is 4.08. The Morgan fingerprint density at radius 2 is 1.63 bits per heavy atom. The zero-order chi connectivity index (χ0) is 20.8. The molecule has 0 unspecified atom stereocenters. The second kappa shape index (κ2) is 9.05. The molecule has 1 N–H and O–H groups in total. The third kappa shape index (κ3) is 4.72. The van der Waals surface area contributed by atoms with Gasteiger partial charge in [-0.25, -0.2) is 14.4 Å². The van der Waals surface area contributed by atoms with Crippen molar-refractivity contribution in [1.82, 2.24) is 15.0 Å². The van der Waals surface area contributed by atoms with Crippen molar-refractivity contribution < 1.29 is 9.18 Å². The molecule has 30 heavy (non-hydrogen) atoms. The van der Waals surface area contributed by atoms with Gasteiger partial charge in [-0.3, -0.25) is 15.1 Å². The molecule has 6 heteroatoms. The molecule has 4 aromatic rings. The van der Waals surface area contributed by atoms with Crippen LogP contribution in [0.4, 0.5) is 10.3 Å². The number of aromatic nitrogens is 3. The van der Waals surface area contributed by atoms with Gasteiger partial charge >= 0.3 is 0 Å². The fourth-order valence-corrected chi connectivity index (χ4v) is 3.10. The first kappa shape index (κ1) is 19.4. The Hall–Kier alpha value is -3.93. The lowest BCUT2D eigenvalue weighted by Crippen LogP contribution is -2.15. The summed E-state index contributed by atoms with van der Waals surface area (Å²) in [5, 5.41) is 2.77. The molecular weight excluding hydrogens is 379 g/mol. The summed E-state index contributed by atoms with van der Waals surface area (Å²) in [6.07, 6.45) is 5.95. The first-order valence-electron chi connectivity index (χ1n) is 9.56. The van der Waals surface area contributed by atoms with Gasteiger partial charge in [0.15, 0.2) is 0 Å². The first-order valence-corrected chi connectivity index (χ1v) is 9.56. The van der Waals surface area contributed by atoms with Crippen molar-refractivity contribution in [1.29, 1.82) is 0 Å². The van der Waals surface area contributed by atoms with Gasteiger partial charge in [0, 0.05) is 36.1 Å². The standard InChI is InChI=1S/C24H19FN4O/c25-20-9-7-18(8-10-20)21-16-27-24(29-23(21)19-12-14-26-15-13-19)28-22(30)11-6-17-4-2-1-3-5-17/h1-5,7-10,12-16H,6,11H2,(H,27,28,29,30). The van der Waals surface area contributed by atoms with E-state index < -0.39 is 0 Å². The highest BCUT2D eigenvalue weighted by Crippen LogP contribution is 2.30. The zero-order valence-electron chi connectivity index (χ0n) is 16.1. The van der Waals surface area contributed by atoms with E-state index in [0.29, 0.717) is 18.5 Å². The second-order valence-electron chi connectivity index (χ2n) is 6.73. The molecule has 0 saturated heterocycles. The van der Waals surface area contributed by atoms with Gasteiger partial charge < -0.3 is 0 Å². The average Bonchev–Trinajstić information content (AvgIpc) is 2.80. The average molecular weight is 398 g/mol. The Labute approximate surface area is 173 Å². The number of hydrogen-bond donors (Lipinski definition) is 1. The molecule has 1 amide bonds. The molecule has 0 spiro atoms. The Kier molecular flexibility index (Phi) is 5.85. The molecule has 2 heterocycles. The summed E-state index contributed by atoms with van der Waals surface area (Å²) in [7, 11) is 0. The van der Waals surface area contributed by atoms with Gasteiger partial charge in [-0.05, 0) is 41.8 Å². The minimum atomic E-state index is -0.313. The van der Waals surface area contributed by atoms with Crippen LogP contribution in [0.2, 0.25) is 0 Å². The number of nitrogens with zero attached hydrogens (tertiary/aromatic N) is 3. The number of benzene rings is 2. The molecule has 2 aromatic carbocycles. The highest BCUT2D eigenvalue weighted by molar-refractivity contribution is 5.90. The summed E-state index contributed by atoms with van der Waals surface area (Å²) in [4.78, 5) is 25.3. The number of aryl methyl sites for hydroxylation is 1. The predicted molar refractivity (Wildman–Crippen MR) is 114 cm³/mol. The highest BCUT2D eigenvalue weighted by atomic mass is 19.1. The van der Waals surface area contributed by atoms with Gasteiger partial charge in [-0.1, -0.05) is 42.5 Å². The van der Waals surface area contributed by atoms with Gasteiger partial charge in [0.25, 0.3) is 0 Å². The molecular formula is C24H19FN4O. The van der Waals surface area contributed by atoms with Crippen LogP contribution < -0.4 is 5.32 Å². The summed E-state index contributed by atoms with van der Waals surface area (Å²) in [5.74, 6) is -0.243. The summed E-state index contributed by atoms with van der Waals surface area (Å²) < 4.78 is 13.3. The van der Waals surface area contributed by atoms with Crippen LogP contribution >= 0.6 is 0 Å². The van der Waals surface area contributed by atoms with Crippen LogP contribution in [0, 0.1) is 5.82 Å². The van der Waals surface area contributed by atoms with Crippen molar-refractivity contribution in [2.24, 2.45) is 0 Å². The molecule has 0 radical (unpaired) electrons. The Morgan fingerprint density at radius 3 is 2.37 bits per heavy atom. The van der Waals surface area contributed by atoms with Gasteiger partial charge in [-0.15, -0.1) is 0 Å². The van der Waals surface area contributed by atoms with Crippen molar-refractivity contribution in [3.63, 3.8) is 0 Å². The van der Waals surface area contributed by atoms with Crippen LogP contribution in [-0.2, 0) is 11.2 Å². The maximum Gasteiger partial charge on any atom is 0.229 e. The minimum absolute atomic E-state index is 0.158. The number of anilines is 1. The van der Waals surface area contributed by atoms with Crippen molar-refractivity contribution in [3.05, 3.63) is 96.7 Å². The molecule has 0 aliphatic rings. The SMILES string of the molecule is O=C(CCc1ccccc1)Nc1ncc(-c2ccc(F)cc2)c(-c2ccncc2)n1. The summed E-state index contributed by atoms with van der Waals surface area (Å²) in [6.45, 7) is 0. The second-order valence-corrected chi connectivity index (χ2v) is 6.73. The topological polar surface area (TPSA) is 67.8 Å². The number of halogens is 1. The van der Waals surface area contributed by atoms with E-state index in [-0.39, 0.29) is 17.7 Å². The minimum Gasteiger partial charge on any atom is -0.295 e. The van der Waals surface area contributed by atoms with Gasteiger partial charge in [0.1, 0.15) is 5.82 Å². The lowest BCUT2D eigenvalue weighted by molar-refractivity contribution is -0.116. The van der Waals surface area contributed by atoms with Gasteiger partial charge in [0.05, 0.1) is 5.69 Å². The van der Waals surface area contributed by atoms with Crippen LogP contribution in [0.25, 0.3) is 22.4 Å². The van der Waals surface area contributed by atoms with E-state index in [1.165, 1.54) is 12.1 Å². The quantitative estimate of drug-likeness (QED) is 0.501. The number of hydrogen-bond acceptors (Lipinski definition) is 4. The number of carbonyl (C=O) groups excluding carboxylic acids is 1. The third-order valence-corrected chi connectivity index (χ3v) is 4.63. The third-order valence-electron chi connectivity index (χ3n) is 4.63. The largest absolute Gasteiger partial charge is 0.295 e. The molecule has 0 atom stereocenters. The molecule has 0 fully saturated rings. The Morgan fingerprint density at radius 1 is 0.900 bits per heavy atom. The highest BCUT2D eigenvalue weighted by Gasteiger charge is 2.13. The molecule has 0 saturated carbocycles. The number of rotatable bonds is 6. The van der Waals surface area contributed by atoms with Crippen molar-refractivity contribution >= 4 is 11.9 Å². The van der Waals surface area contributed by atoms with Crippen LogP contribution in [0.5, 0.6) is 0 Å². The maximum absolute atomic E-state index is 13.3. The number of nitrogens with one attached hydrogen (secondary N) is 1. The van der Waals surface area contributed by atoms with E-state index in [9.17, 15) is 9.18 Å². The summed E-state index contributed by atoms with van der Waals surface area (Å²) in [6, 6.07) is 19.6. The van der Waals surface area contributed by atoms with E-state index in [1.54, 1.807) is 30.7 Å². The van der Waals surface area contributed by atoms with Crippen molar-refractivity contribution in [2.75, 3.05) is 5.32 Å². The van der Waals surface area contributed by atoms with Crippen molar-refractivity contribution in [3.8, 4) is 22.4 Å². The van der Waals surface area contributed by atoms with Gasteiger partial charge in [-0.2, -0.15) is 0 Å². The predicted octanol–water partition coefficient (Wildman–Crippen LogP) is 4.92. The van der Waals surface area contributed by atoms with E-state index >= 15 is 0 Å². The van der Waals surface area contributed by atoms with E-state index in [0.717, 1.165) is 22.3 Å². The first-order chi connectivity index (χ1) is 14.7. The molecule has 148 valence electrons. The van der Waals surface area contributed by atoms with E-state index in [2.05, 4.69) is 20.3 Å². The fourth-order valence-electron chi connectivity index (χ4n) is 3.10. The normalized spacial score (nSPS) is 10.6. The molecule has 4 rings (SSSR count). The van der Waals surface area contributed by atoms with Crippen LogP contribution in [-0.4, -0.2) is 20.9 Å². The lowest BCUT2D eigenvalue weighted by Gasteiger charge is -2.11. The smallest absolute Gasteiger partial charge is 0.229 e. The van der Waals surface area contributed by atoms with Crippen LogP contribution in [0.15, 0.2) is 85.3 Å².